The number of hydrogen-bond acceptors (Lipinski definition) is 0. The highest BCUT2D eigenvalue weighted by Gasteiger charge is 2.28. The molecule has 2 heterocycles. The number of rotatable bonds is 6. The summed E-state index contributed by atoms with van der Waals surface area (Å²) in [7, 11) is 4.37. The van der Waals surface area contributed by atoms with Crippen LogP contribution in [0.1, 0.15) is 55.6 Å². The second-order valence-electron chi connectivity index (χ2n) is 15.4. The molecule has 0 aliphatic carbocycles. The highest BCUT2D eigenvalue weighted by molar-refractivity contribution is 5.79. The van der Waals surface area contributed by atoms with E-state index in [1.165, 1.54) is 100 Å². The Hall–Kier alpha value is -4.32. The van der Waals surface area contributed by atoms with Crippen LogP contribution in [0.2, 0.25) is 0 Å². The maximum atomic E-state index is 2.46. The van der Waals surface area contributed by atoms with Crippen LogP contribution >= 0.6 is 0 Å². The van der Waals surface area contributed by atoms with Crippen molar-refractivity contribution in [3.05, 3.63) is 177 Å². The first-order chi connectivity index (χ1) is 25.9. The molecule has 7 heteroatoms. The van der Waals surface area contributed by atoms with Gasteiger partial charge in [-0.3, -0.25) is 0 Å². The van der Waals surface area contributed by atoms with Gasteiger partial charge in [0.25, 0.3) is 11.6 Å². The highest BCUT2D eigenvalue weighted by atomic mass is 127. The average molecular weight is 983 g/mol. The Morgan fingerprint density at radius 2 is 0.702 bits per heavy atom. The van der Waals surface area contributed by atoms with Gasteiger partial charge < -0.3 is 53.4 Å². The van der Waals surface area contributed by atoms with Crippen molar-refractivity contribution in [1.82, 2.24) is 9.13 Å². The van der Waals surface area contributed by atoms with Crippen LogP contribution in [0.25, 0.3) is 44.8 Å². The lowest BCUT2D eigenvalue weighted by Crippen LogP contribution is -3.00. The van der Waals surface area contributed by atoms with Gasteiger partial charge in [-0.05, 0) is 113 Å². The number of aryl methyl sites for hydroxylation is 10. The first-order valence-corrected chi connectivity index (χ1v) is 19.1. The molecule has 0 amide bonds. The molecule has 2 N–H and O–H groups in total. The van der Waals surface area contributed by atoms with Crippen LogP contribution in [-0.2, 0) is 27.2 Å². The minimum Gasteiger partial charge on any atom is -1.00 e. The third-order valence-corrected chi connectivity index (χ3v) is 10.9. The molecule has 8 rings (SSSR count). The summed E-state index contributed by atoms with van der Waals surface area (Å²) in [5.74, 6) is 2.54. The lowest BCUT2D eigenvalue weighted by atomic mass is 9.99. The fourth-order valence-corrected chi connectivity index (χ4v) is 8.51. The topological polar surface area (TPSA) is 49.1 Å². The first-order valence-electron chi connectivity index (χ1n) is 19.1. The van der Waals surface area contributed by atoms with E-state index in [2.05, 4.69) is 209 Å². The van der Waals surface area contributed by atoms with E-state index in [1.54, 1.807) is 0 Å². The monoisotopic (exact) mass is 982 g/mol. The fourth-order valence-electron chi connectivity index (χ4n) is 8.51. The van der Waals surface area contributed by atoms with E-state index in [-0.39, 0.29) is 53.4 Å². The number of nitrogens with zero attached hydrogens (tertiary/aromatic N) is 4. The van der Waals surface area contributed by atoms with Crippen LogP contribution in [0.3, 0.4) is 0 Å². The Kier molecular flexibility index (Phi) is 15.1. The predicted molar refractivity (Wildman–Crippen MR) is 230 cm³/mol. The van der Waals surface area contributed by atoms with Gasteiger partial charge in [-0.1, -0.05) is 119 Å². The quantitative estimate of drug-likeness (QED) is 0.179. The molecule has 0 fully saturated rings. The van der Waals surface area contributed by atoms with Crippen molar-refractivity contribution in [1.29, 1.82) is 0 Å². The second kappa shape index (κ2) is 19.0. The summed E-state index contributed by atoms with van der Waals surface area (Å²) in [6.45, 7) is 19.3. The molecule has 0 unspecified atom stereocenters. The van der Waals surface area contributed by atoms with Gasteiger partial charge in [-0.15, -0.1) is 0 Å². The standard InChI is InChI=1S/2C25H27N2.2HI.H2O/c2*1-17-10-12-21(13-11-17)16-27-23-9-7-6-8-22(23)26(5)25(27)24-19(3)14-18(2)15-20(24)4;;;/h2*6-15H,16H2,1-5H3;2*1H;1H2/q2*+1;;;/p-2. The average Bonchev–Trinajstić information content (AvgIpc) is 3.56. The van der Waals surface area contributed by atoms with E-state index in [0.29, 0.717) is 0 Å². The molecule has 2 aromatic heterocycles. The molecule has 296 valence electrons. The molecular weight excluding hydrogens is 926 g/mol. The SMILES string of the molecule is Cc1ccc(Cn2c(-c3c(C)cc(C)cc3C)[n+](C)c3ccccc32)cc1.Cc1ccc(Cn2c(-c3c(C)cc(C)cc3C)[n+](C)c3ccccc32)cc1.O.[I-].[I-]. The lowest BCUT2D eigenvalue weighted by Gasteiger charge is -2.11. The summed E-state index contributed by atoms with van der Waals surface area (Å²) in [6, 6.07) is 44.3. The number of para-hydroxylation sites is 4. The molecule has 57 heavy (non-hydrogen) atoms. The maximum Gasteiger partial charge on any atom is 0.290 e. The third-order valence-electron chi connectivity index (χ3n) is 10.9. The number of aromatic nitrogens is 4. The van der Waals surface area contributed by atoms with Crippen molar-refractivity contribution in [3.8, 4) is 22.8 Å². The van der Waals surface area contributed by atoms with Crippen molar-refractivity contribution in [2.75, 3.05) is 0 Å². The summed E-state index contributed by atoms with van der Waals surface area (Å²) < 4.78 is 9.61. The number of benzene rings is 6. The van der Waals surface area contributed by atoms with Crippen molar-refractivity contribution in [3.63, 3.8) is 0 Å². The van der Waals surface area contributed by atoms with E-state index >= 15 is 0 Å². The van der Waals surface area contributed by atoms with E-state index < -0.39 is 0 Å². The van der Waals surface area contributed by atoms with E-state index in [9.17, 15) is 0 Å². The summed E-state index contributed by atoms with van der Waals surface area (Å²) in [4.78, 5) is 0. The summed E-state index contributed by atoms with van der Waals surface area (Å²) in [5.41, 5.74) is 20.9. The molecule has 0 bridgehead atoms. The molecule has 6 aromatic carbocycles. The zero-order chi connectivity index (χ0) is 38.3. The maximum absolute atomic E-state index is 2.46. The van der Waals surface area contributed by atoms with Crippen LogP contribution in [0, 0.1) is 55.4 Å². The molecule has 0 saturated heterocycles. The number of hydrogen-bond donors (Lipinski definition) is 0. The van der Waals surface area contributed by atoms with Gasteiger partial charge >= 0.3 is 0 Å². The number of halogens is 2. The Morgan fingerprint density at radius 1 is 0.404 bits per heavy atom. The summed E-state index contributed by atoms with van der Waals surface area (Å²) in [6.07, 6.45) is 0. The molecular formula is C50H56I2N4O. The Bertz CT molecular complexity index is 2420. The van der Waals surface area contributed by atoms with Gasteiger partial charge in [0.05, 0.1) is 25.2 Å². The summed E-state index contributed by atoms with van der Waals surface area (Å²) >= 11 is 0. The van der Waals surface area contributed by atoms with Crippen molar-refractivity contribution in [2.45, 2.75) is 68.5 Å². The molecule has 0 aliphatic rings. The van der Waals surface area contributed by atoms with Gasteiger partial charge in [0.15, 0.2) is 22.1 Å². The van der Waals surface area contributed by atoms with Gasteiger partial charge in [-0.2, -0.15) is 0 Å². The molecule has 0 spiro atoms. The largest absolute Gasteiger partial charge is 1.00 e. The molecule has 0 aliphatic heterocycles. The molecule has 8 aromatic rings. The minimum absolute atomic E-state index is 0. The molecule has 0 atom stereocenters. The zero-order valence-electron chi connectivity index (χ0n) is 35.0. The van der Waals surface area contributed by atoms with E-state index in [1.807, 2.05) is 0 Å². The predicted octanol–water partition coefficient (Wildman–Crippen LogP) is 4.01. The van der Waals surface area contributed by atoms with Gasteiger partial charge in [0.1, 0.15) is 13.1 Å². The smallest absolute Gasteiger partial charge is 0.290 e. The Balaban J connectivity index is 0.000000240. The minimum atomic E-state index is 0. The number of fused-ring (bicyclic) bond motifs is 2. The van der Waals surface area contributed by atoms with E-state index in [4.69, 9.17) is 0 Å². The summed E-state index contributed by atoms with van der Waals surface area (Å²) in [5, 5.41) is 0. The molecule has 5 nitrogen and oxygen atoms in total. The normalized spacial score (nSPS) is 10.7. The first kappa shape index (κ1) is 45.4. The van der Waals surface area contributed by atoms with E-state index in [0.717, 1.165) is 13.1 Å². The van der Waals surface area contributed by atoms with Crippen molar-refractivity contribution < 1.29 is 62.6 Å². The van der Waals surface area contributed by atoms with Crippen LogP contribution in [0.15, 0.2) is 121 Å². The van der Waals surface area contributed by atoms with Gasteiger partial charge in [0, 0.05) is 0 Å². The van der Waals surface area contributed by atoms with Gasteiger partial charge in [0.2, 0.25) is 0 Å². The van der Waals surface area contributed by atoms with Crippen molar-refractivity contribution >= 4 is 22.1 Å². The Morgan fingerprint density at radius 3 is 1.02 bits per heavy atom. The fraction of sp³-hybridized carbons (Fsp3) is 0.240. The van der Waals surface area contributed by atoms with Gasteiger partial charge in [-0.25, -0.2) is 18.3 Å². The Labute approximate surface area is 373 Å². The second-order valence-corrected chi connectivity index (χ2v) is 15.4. The highest BCUT2D eigenvalue weighted by Crippen LogP contribution is 2.32. The van der Waals surface area contributed by atoms with Crippen molar-refractivity contribution in [2.24, 2.45) is 14.1 Å². The lowest BCUT2D eigenvalue weighted by molar-refractivity contribution is -0.634. The van der Waals surface area contributed by atoms with Crippen LogP contribution < -0.4 is 57.1 Å². The molecule has 0 radical (unpaired) electrons. The van der Waals surface area contributed by atoms with Crippen LogP contribution in [0.4, 0.5) is 0 Å². The van der Waals surface area contributed by atoms with Crippen LogP contribution in [-0.4, -0.2) is 14.6 Å². The molecule has 0 saturated carbocycles. The number of imidazole rings is 2. The zero-order valence-corrected chi connectivity index (χ0v) is 39.3. The van der Waals surface area contributed by atoms with Crippen LogP contribution in [0.5, 0.6) is 0 Å². The third kappa shape index (κ3) is 9.21.